The van der Waals surface area contributed by atoms with E-state index in [1.165, 1.54) is 0 Å². The van der Waals surface area contributed by atoms with Gasteiger partial charge >= 0.3 is 0 Å². The second-order valence-electron chi connectivity index (χ2n) is 7.08. The molecule has 1 N–H and O–H groups in total. The maximum absolute atomic E-state index is 11.7. The fraction of sp³-hybridized carbons (Fsp3) is 0.160. The molecule has 1 saturated heterocycles. The van der Waals surface area contributed by atoms with Crippen molar-refractivity contribution in [1.82, 2.24) is 0 Å². The molecule has 0 saturated carbocycles. The summed E-state index contributed by atoms with van der Waals surface area (Å²) in [5, 5.41) is 12.7. The summed E-state index contributed by atoms with van der Waals surface area (Å²) in [7, 11) is 1.65. The van der Waals surface area contributed by atoms with Gasteiger partial charge in [0.15, 0.2) is 5.72 Å². The van der Waals surface area contributed by atoms with Crippen LogP contribution in [-0.4, -0.2) is 23.7 Å². The molecule has 0 aliphatic carbocycles. The van der Waals surface area contributed by atoms with E-state index in [1.54, 1.807) is 18.9 Å². The van der Waals surface area contributed by atoms with Gasteiger partial charge in [-0.1, -0.05) is 48.5 Å². The summed E-state index contributed by atoms with van der Waals surface area (Å²) in [6.07, 6.45) is 2.03. The Balaban J connectivity index is 1.71. The number of allylic oxidation sites excluding steroid dienone is 1. The number of aliphatic hydroxyl groups is 1. The van der Waals surface area contributed by atoms with Crippen LogP contribution in [0.1, 0.15) is 12.5 Å². The molecular weight excluding hydrogens is 392 g/mol. The highest BCUT2D eigenvalue weighted by Crippen LogP contribution is 2.47. The Labute approximate surface area is 181 Å². The smallest absolute Gasteiger partial charge is 0.178 e. The van der Waals surface area contributed by atoms with Gasteiger partial charge < -0.3 is 14.7 Å². The number of anilines is 1. The van der Waals surface area contributed by atoms with E-state index in [-0.39, 0.29) is 0 Å². The fourth-order valence-electron chi connectivity index (χ4n) is 3.50. The number of para-hydroxylation sites is 1. The number of benzene rings is 3. The molecule has 0 bridgehead atoms. The van der Waals surface area contributed by atoms with Crippen LogP contribution in [-0.2, 0) is 5.72 Å². The maximum atomic E-state index is 11.7. The van der Waals surface area contributed by atoms with Crippen molar-refractivity contribution in [2.45, 2.75) is 12.6 Å². The first kappa shape index (κ1) is 20.3. The molecule has 0 amide bonds. The first-order valence-electron chi connectivity index (χ1n) is 9.77. The molecule has 0 radical (unpaired) electrons. The van der Waals surface area contributed by atoms with Crippen molar-refractivity contribution in [3.05, 3.63) is 102 Å². The van der Waals surface area contributed by atoms with E-state index in [2.05, 4.69) is 0 Å². The molecule has 4 nitrogen and oxygen atoms in total. The van der Waals surface area contributed by atoms with E-state index in [0.717, 1.165) is 33.4 Å². The Kier molecular flexibility index (Phi) is 5.93. The molecule has 3 aromatic carbocycles. The molecule has 0 aromatic heterocycles. The van der Waals surface area contributed by atoms with E-state index in [9.17, 15) is 5.11 Å². The average molecular weight is 417 g/mol. The largest absolute Gasteiger partial charge is 0.497 e. The molecule has 0 unspecified atom stereocenters. The van der Waals surface area contributed by atoms with Gasteiger partial charge in [0.05, 0.1) is 23.6 Å². The zero-order valence-electron chi connectivity index (χ0n) is 17.0. The predicted molar refractivity (Wildman–Crippen MR) is 126 cm³/mol. The van der Waals surface area contributed by atoms with Gasteiger partial charge in [-0.05, 0) is 49.4 Å². The van der Waals surface area contributed by atoms with Crippen LogP contribution in [0.15, 0.2) is 101 Å². The highest BCUT2D eigenvalue weighted by molar-refractivity contribution is 8.03. The minimum Gasteiger partial charge on any atom is -0.497 e. The van der Waals surface area contributed by atoms with Crippen molar-refractivity contribution in [3.8, 4) is 5.75 Å². The summed E-state index contributed by atoms with van der Waals surface area (Å²) in [5.41, 5.74) is 2.41. The topological polar surface area (TPSA) is 45.1 Å². The zero-order chi connectivity index (χ0) is 21.0. The van der Waals surface area contributed by atoms with Crippen molar-refractivity contribution in [1.29, 1.82) is 0 Å². The van der Waals surface area contributed by atoms with Gasteiger partial charge in [-0.3, -0.25) is 4.99 Å². The predicted octanol–water partition coefficient (Wildman–Crippen LogP) is 5.73. The highest BCUT2D eigenvalue weighted by atomic mass is 32.2. The lowest BCUT2D eigenvalue weighted by molar-refractivity contribution is 0.0721. The van der Waals surface area contributed by atoms with Crippen molar-refractivity contribution < 1.29 is 9.84 Å². The lowest BCUT2D eigenvalue weighted by atomic mass is 10.0. The number of hydrogen-bond acceptors (Lipinski definition) is 5. The van der Waals surface area contributed by atoms with Gasteiger partial charge in [-0.25, -0.2) is 0 Å². The molecule has 1 aliphatic heterocycles. The molecule has 1 heterocycles. The second-order valence-corrected chi connectivity index (χ2v) is 8.07. The van der Waals surface area contributed by atoms with Crippen LogP contribution in [0.4, 0.5) is 11.4 Å². The van der Waals surface area contributed by atoms with Crippen molar-refractivity contribution in [3.63, 3.8) is 0 Å². The number of nitrogens with zero attached hydrogens (tertiary/aromatic N) is 2. The van der Waals surface area contributed by atoms with Gasteiger partial charge in [-0.15, -0.1) is 11.8 Å². The third kappa shape index (κ3) is 4.13. The SMILES string of the molecule is COc1ccc(N=C(C)/C=C2/SC[C@](O)(c3ccccc3)N2c2ccccc2)cc1. The van der Waals surface area contributed by atoms with E-state index in [0.29, 0.717) is 5.75 Å². The molecular formula is C25H24N2O2S. The van der Waals surface area contributed by atoms with Gasteiger partial charge in [0.1, 0.15) is 5.75 Å². The molecule has 4 rings (SSSR count). The Morgan fingerprint density at radius 3 is 2.27 bits per heavy atom. The number of methoxy groups -OCH3 is 1. The van der Waals surface area contributed by atoms with E-state index in [1.807, 2.05) is 103 Å². The van der Waals surface area contributed by atoms with Crippen molar-refractivity contribution in [2.24, 2.45) is 4.99 Å². The summed E-state index contributed by atoms with van der Waals surface area (Å²) in [6.45, 7) is 1.97. The van der Waals surface area contributed by atoms with E-state index >= 15 is 0 Å². The molecule has 152 valence electrons. The lowest BCUT2D eigenvalue weighted by Gasteiger charge is -2.35. The summed E-state index contributed by atoms with van der Waals surface area (Å²) in [4.78, 5) is 6.71. The van der Waals surface area contributed by atoms with Crippen LogP contribution >= 0.6 is 11.8 Å². The molecule has 30 heavy (non-hydrogen) atoms. The van der Waals surface area contributed by atoms with Gasteiger partial charge in [0.2, 0.25) is 0 Å². The minimum absolute atomic E-state index is 0.535. The zero-order valence-corrected chi connectivity index (χ0v) is 17.8. The monoisotopic (exact) mass is 416 g/mol. The van der Waals surface area contributed by atoms with Gasteiger partial charge in [0, 0.05) is 17.0 Å². The number of aliphatic imine (C=N–C) groups is 1. The Morgan fingerprint density at radius 2 is 1.63 bits per heavy atom. The van der Waals surface area contributed by atoms with Crippen molar-refractivity contribution >= 4 is 28.8 Å². The van der Waals surface area contributed by atoms with Gasteiger partial charge in [-0.2, -0.15) is 0 Å². The number of hydrogen-bond donors (Lipinski definition) is 1. The second kappa shape index (κ2) is 8.78. The number of thioether (sulfide) groups is 1. The minimum atomic E-state index is -1.13. The van der Waals surface area contributed by atoms with Crippen LogP contribution in [0.3, 0.4) is 0 Å². The van der Waals surface area contributed by atoms with E-state index < -0.39 is 5.72 Å². The van der Waals surface area contributed by atoms with Gasteiger partial charge in [0.25, 0.3) is 0 Å². The summed E-state index contributed by atoms with van der Waals surface area (Å²) >= 11 is 1.63. The molecule has 1 aliphatic rings. The van der Waals surface area contributed by atoms with Crippen LogP contribution in [0.5, 0.6) is 5.75 Å². The number of rotatable bonds is 5. The first-order chi connectivity index (χ1) is 14.6. The van der Waals surface area contributed by atoms with Crippen molar-refractivity contribution in [2.75, 3.05) is 17.8 Å². The molecule has 5 heteroatoms. The number of ether oxygens (including phenoxy) is 1. The average Bonchev–Trinajstić information content (AvgIpc) is 3.12. The first-order valence-corrected chi connectivity index (χ1v) is 10.8. The molecule has 3 aromatic rings. The third-order valence-corrected chi connectivity index (χ3v) is 6.12. The lowest BCUT2D eigenvalue weighted by Crippen LogP contribution is -2.42. The molecule has 0 spiro atoms. The molecule has 1 atom stereocenters. The Morgan fingerprint density at radius 1 is 1.00 bits per heavy atom. The standard InChI is InChI=1S/C25H24N2O2S/c1-19(26-21-13-15-23(29-2)16-14-21)17-24-27(22-11-7-4-8-12-22)25(28,18-30-24)20-9-5-3-6-10-20/h3-17,28H,18H2,1-2H3/b24-17+,26-19?/t25-/m0/s1. The maximum Gasteiger partial charge on any atom is 0.178 e. The normalized spacial score (nSPS) is 20.6. The molecule has 1 fully saturated rings. The summed E-state index contributed by atoms with van der Waals surface area (Å²) < 4.78 is 5.21. The highest BCUT2D eigenvalue weighted by Gasteiger charge is 2.44. The van der Waals surface area contributed by atoms with Crippen LogP contribution < -0.4 is 9.64 Å². The van der Waals surface area contributed by atoms with Crippen LogP contribution in [0.2, 0.25) is 0 Å². The Hall–Kier alpha value is -3.02. The fourth-order valence-corrected chi connectivity index (χ4v) is 4.78. The van der Waals surface area contributed by atoms with Crippen LogP contribution in [0, 0.1) is 0 Å². The Bertz CT molecular complexity index is 1050. The quantitative estimate of drug-likeness (QED) is 0.540. The van der Waals surface area contributed by atoms with Crippen LogP contribution in [0.25, 0.3) is 0 Å². The van der Waals surface area contributed by atoms with E-state index in [4.69, 9.17) is 9.73 Å². The summed E-state index contributed by atoms with van der Waals surface area (Å²) in [5.74, 6) is 1.34. The summed E-state index contributed by atoms with van der Waals surface area (Å²) in [6, 6.07) is 27.5. The third-order valence-electron chi connectivity index (χ3n) is 4.97.